The highest BCUT2D eigenvalue weighted by atomic mass is 19.1. The number of amides is 1. The summed E-state index contributed by atoms with van der Waals surface area (Å²) in [5.41, 5.74) is 2.32. The number of benzene rings is 1. The fourth-order valence-electron chi connectivity index (χ4n) is 2.83. The maximum atomic E-state index is 12.9. The molecule has 0 bridgehead atoms. The van der Waals surface area contributed by atoms with E-state index in [1.54, 1.807) is 17.3 Å². The highest BCUT2D eigenvalue weighted by molar-refractivity contribution is 5.97. The van der Waals surface area contributed by atoms with Crippen molar-refractivity contribution in [2.75, 3.05) is 31.1 Å². The summed E-state index contributed by atoms with van der Waals surface area (Å²) in [5.74, 6) is 0.0234. The van der Waals surface area contributed by atoms with E-state index in [1.165, 1.54) is 0 Å². The van der Waals surface area contributed by atoms with Gasteiger partial charge in [-0.1, -0.05) is 0 Å². The van der Waals surface area contributed by atoms with Gasteiger partial charge >= 0.3 is 0 Å². The number of carbonyl (C=O) groups is 1. The van der Waals surface area contributed by atoms with Gasteiger partial charge in [-0.25, -0.2) is 19.3 Å². The number of H-pyrrole nitrogens is 1. The van der Waals surface area contributed by atoms with E-state index < -0.39 is 5.82 Å². The van der Waals surface area contributed by atoms with Crippen molar-refractivity contribution in [2.24, 2.45) is 0 Å². The minimum Gasteiger partial charge on any atom is -0.345 e. The van der Waals surface area contributed by atoms with Gasteiger partial charge in [0.05, 0.1) is 29.8 Å². The Kier molecular flexibility index (Phi) is 3.56. The summed E-state index contributed by atoms with van der Waals surface area (Å²) in [6.45, 7) is 2.37. The first-order valence-electron chi connectivity index (χ1n) is 7.65. The van der Waals surface area contributed by atoms with Crippen molar-refractivity contribution in [1.29, 1.82) is 0 Å². The molecule has 1 aliphatic heterocycles. The van der Waals surface area contributed by atoms with Crippen LogP contribution in [0, 0.1) is 5.82 Å². The summed E-state index contributed by atoms with van der Waals surface area (Å²) in [6, 6.07) is 5.45. The van der Waals surface area contributed by atoms with Crippen molar-refractivity contribution in [3.63, 3.8) is 0 Å². The molecule has 4 rings (SSSR count). The predicted octanol–water partition coefficient (Wildman–Crippen LogP) is 1.45. The van der Waals surface area contributed by atoms with Gasteiger partial charge in [0.2, 0.25) is 5.95 Å². The molecule has 1 N–H and O–H groups in total. The van der Waals surface area contributed by atoms with Crippen LogP contribution in [0.15, 0.2) is 36.9 Å². The van der Waals surface area contributed by atoms with Crippen LogP contribution in [-0.2, 0) is 0 Å². The first-order chi connectivity index (χ1) is 11.7. The van der Waals surface area contributed by atoms with E-state index in [9.17, 15) is 9.18 Å². The number of carbonyl (C=O) groups excluding carboxylic acids is 1. The number of aromatic nitrogens is 4. The molecule has 2 aromatic heterocycles. The van der Waals surface area contributed by atoms with Crippen LogP contribution in [0.5, 0.6) is 0 Å². The van der Waals surface area contributed by atoms with Gasteiger partial charge in [0.25, 0.3) is 5.91 Å². The molecule has 0 spiro atoms. The van der Waals surface area contributed by atoms with Crippen LogP contribution in [0.25, 0.3) is 11.0 Å². The first-order valence-corrected chi connectivity index (χ1v) is 7.65. The number of hydrogen-bond acceptors (Lipinski definition) is 5. The van der Waals surface area contributed by atoms with Crippen LogP contribution in [0.4, 0.5) is 10.3 Å². The van der Waals surface area contributed by atoms with Gasteiger partial charge in [-0.3, -0.25) is 4.79 Å². The second kappa shape index (κ2) is 5.88. The summed E-state index contributed by atoms with van der Waals surface area (Å²) in [5, 5.41) is 0. The van der Waals surface area contributed by atoms with Crippen LogP contribution >= 0.6 is 0 Å². The van der Waals surface area contributed by atoms with Gasteiger partial charge in [-0.05, 0) is 18.2 Å². The van der Waals surface area contributed by atoms with Crippen LogP contribution in [-0.4, -0.2) is 56.9 Å². The third-order valence-electron chi connectivity index (χ3n) is 4.12. The Bertz CT molecular complexity index is 870. The first kappa shape index (κ1) is 14.6. The third kappa shape index (κ3) is 2.66. The highest BCUT2D eigenvalue weighted by Gasteiger charge is 2.23. The number of piperazine rings is 1. The number of aromatic amines is 1. The quantitative estimate of drug-likeness (QED) is 0.771. The molecule has 7 nitrogen and oxygen atoms in total. The average molecular weight is 326 g/mol. The van der Waals surface area contributed by atoms with Crippen LogP contribution in [0.3, 0.4) is 0 Å². The van der Waals surface area contributed by atoms with Crippen molar-refractivity contribution < 1.29 is 9.18 Å². The fourth-order valence-corrected chi connectivity index (χ4v) is 2.83. The Morgan fingerprint density at radius 1 is 1.08 bits per heavy atom. The minimum absolute atomic E-state index is 0.00817. The number of nitrogens with zero attached hydrogens (tertiary/aromatic N) is 5. The van der Waals surface area contributed by atoms with E-state index in [4.69, 9.17) is 0 Å². The monoisotopic (exact) mass is 326 g/mol. The summed E-state index contributed by atoms with van der Waals surface area (Å²) >= 11 is 0. The second-order valence-corrected chi connectivity index (χ2v) is 5.61. The smallest absolute Gasteiger partial charge is 0.254 e. The second-order valence-electron chi connectivity index (χ2n) is 5.61. The van der Waals surface area contributed by atoms with E-state index in [1.807, 2.05) is 17.0 Å². The lowest BCUT2D eigenvalue weighted by Crippen LogP contribution is -2.49. The van der Waals surface area contributed by atoms with E-state index in [2.05, 4.69) is 19.9 Å². The molecule has 8 heteroatoms. The van der Waals surface area contributed by atoms with Crippen molar-refractivity contribution >= 4 is 22.9 Å². The Morgan fingerprint density at radius 2 is 1.83 bits per heavy atom. The lowest BCUT2D eigenvalue weighted by Gasteiger charge is -2.34. The molecular weight excluding hydrogens is 311 g/mol. The zero-order chi connectivity index (χ0) is 16.5. The Labute approximate surface area is 137 Å². The fraction of sp³-hybridized carbons (Fsp3) is 0.250. The standard InChI is InChI=1S/C16H15FN6O/c17-12-8-18-16(19-9-12)23-5-3-22(4-6-23)15(24)11-1-2-13-14(7-11)21-10-20-13/h1-2,7-10H,3-6H2,(H,20,21). The molecule has 0 radical (unpaired) electrons. The van der Waals surface area contributed by atoms with Crippen molar-refractivity contribution in [3.05, 3.63) is 48.3 Å². The Hall–Kier alpha value is -3.03. The Morgan fingerprint density at radius 3 is 2.58 bits per heavy atom. The highest BCUT2D eigenvalue weighted by Crippen LogP contribution is 2.16. The maximum absolute atomic E-state index is 12.9. The van der Waals surface area contributed by atoms with Crippen LogP contribution in [0.1, 0.15) is 10.4 Å². The largest absolute Gasteiger partial charge is 0.345 e. The molecular formula is C16H15FN6O. The van der Waals surface area contributed by atoms with Gasteiger partial charge in [-0.2, -0.15) is 0 Å². The molecule has 1 amide bonds. The van der Waals surface area contributed by atoms with Crippen molar-refractivity contribution in [1.82, 2.24) is 24.8 Å². The summed E-state index contributed by atoms with van der Waals surface area (Å²) in [4.78, 5) is 31.5. The van der Waals surface area contributed by atoms with E-state index in [0.717, 1.165) is 23.4 Å². The molecule has 0 atom stereocenters. The minimum atomic E-state index is -0.457. The molecule has 3 heterocycles. The molecule has 1 aliphatic rings. The lowest BCUT2D eigenvalue weighted by molar-refractivity contribution is 0.0746. The summed E-state index contributed by atoms with van der Waals surface area (Å²) < 4.78 is 12.9. The third-order valence-corrected chi connectivity index (χ3v) is 4.12. The number of halogens is 1. The summed E-state index contributed by atoms with van der Waals surface area (Å²) in [6.07, 6.45) is 3.92. The number of imidazole rings is 1. The van der Waals surface area contributed by atoms with E-state index in [-0.39, 0.29) is 5.91 Å². The molecule has 0 saturated carbocycles. The van der Waals surface area contributed by atoms with Gasteiger partial charge < -0.3 is 14.8 Å². The predicted molar refractivity (Wildman–Crippen MR) is 86.2 cm³/mol. The van der Waals surface area contributed by atoms with Crippen LogP contribution in [0.2, 0.25) is 0 Å². The molecule has 122 valence electrons. The Balaban J connectivity index is 1.44. The number of fused-ring (bicyclic) bond motifs is 1. The number of anilines is 1. The molecule has 0 unspecified atom stereocenters. The molecule has 24 heavy (non-hydrogen) atoms. The van der Waals surface area contributed by atoms with Gasteiger partial charge in [0.15, 0.2) is 5.82 Å². The molecule has 1 aromatic carbocycles. The zero-order valence-corrected chi connectivity index (χ0v) is 12.8. The van der Waals surface area contributed by atoms with Crippen molar-refractivity contribution in [3.8, 4) is 0 Å². The van der Waals surface area contributed by atoms with Crippen molar-refractivity contribution in [2.45, 2.75) is 0 Å². The topological polar surface area (TPSA) is 78.0 Å². The van der Waals surface area contributed by atoms with E-state index in [0.29, 0.717) is 37.7 Å². The SMILES string of the molecule is O=C(c1ccc2nc[nH]c2c1)N1CCN(c2ncc(F)cn2)CC1. The molecule has 1 saturated heterocycles. The maximum Gasteiger partial charge on any atom is 0.254 e. The normalized spacial score (nSPS) is 15.0. The number of hydrogen-bond donors (Lipinski definition) is 1. The van der Waals surface area contributed by atoms with Crippen LogP contribution < -0.4 is 4.90 Å². The number of nitrogens with one attached hydrogen (secondary N) is 1. The molecule has 3 aromatic rings. The van der Waals surface area contributed by atoms with Gasteiger partial charge in [0, 0.05) is 31.7 Å². The number of rotatable bonds is 2. The lowest BCUT2D eigenvalue weighted by atomic mass is 10.1. The molecule has 1 fully saturated rings. The molecule has 0 aliphatic carbocycles. The van der Waals surface area contributed by atoms with E-state index >= 15 is 0 Å². The van der Waals surface area contributed by atoms with Gasteiger partial charge in [-0.15, -0.1) is 0 Å². The zero-order valence-electron chi connectivity index (χ0n) is 12.8. The van der Waals surface area contributed by atoms with Gasteiger partial charge in [0.1, 0.15) is 0 Å². The summed E-state index contributed by atoms with van der Waals surface area (Å²) in [7, 11) is 0. The average Bonchev–Trinajstić information content (AvgIpc) is 3.09.